The van der Waals surface area contributed by atoms with Gasteiger partial charge in [0.25, 0.3) is 11.8 Å². The number of aryl methyl sites for hydroxylation is 1. The smallest absolute Gasteiger partial charge is 0.343 e. The number of nitrogens with one attached hydrogen (secondary N) is 2. The Morgan fingerprint density at radius 2 is 1.54 bits per heavy atom. The maximum absolute atomic E-state index is 12.7. The lowest BCUT2D eigenvalue weighted by Gasteiger charge is -2.09. The van der Waals surface area contributed by atoms with Crippen LogP contribution < -0.4 is 20.2 Å². The van der Waals surface area contributed by atoms with Crippen molar-refractivity contribution in [1.29, 1.82) is 0 Å². The average Bonchev–Trinajstić information content (AvgIpc) is 2.98. The van der Waals surface area contributed by atoms with Crippen molar-refractivity contribution >= 4 is 35.4 Å². The first-order valence-corrected chi connectivity index (χ1v) is 12.2. The predicted octanol–water partition coefficient (Wildman–Crippen LogP) is 5.15. The molecule has 0 bridgehead atoms. The van der Waals surface area contributed by atoms with Crippen LogP contribution in [0.25, 0.3) is 0 Å². The fourth-order valence-electron chi connectivity index (χ4n) is 3.70. The normalized spacial score (nSPS) is 10.6. The third-order valence-electron chi connectivity index (χ3n) is 5.80. The Balaban J connectivity index is 1.44. The van der Waals surface area contributed by atoms with Crippen LogP contribution in [0.1, 0.15) is 42.2 Å². The molecule has 0 aromatic heterocycles. The van der Waals surface area contributed by atoms with E-state index in [2.05, 4.69) is 15.8 Å². The van der Waals surface area contributed by atoms with Gasteiger partial charge in [-0.1, -0.05) is 23.8 Å². The van der Waals surface area contributed by atoms with Crippen molar-refractivity contribution in [2.45, 2.75) is 6.92 Å². The van der Waals surface area contributed by atoms with E-state index in [1.807, 2.05) is 13.0 Å². The van der Waals surface area contributed by atoms with Gasteiger partial charge < -0.3 is 14.8 Å². The molecule has 0 aliphatic rings. The number of amides is 2. The number of esters is 1. The van der Waals surface area contributed by atoms with Gasteiger partial charge in [-0.15, -0.1) is 0 Å². The summed E-state index contributed by atoms with van der Waals surface area (Å²) in [6, 6.07) is 23.4. The average molecular weight is 553 g/mol. The molecule has 0 aliphatic heterocycles. The van der Waals surface area contributed by atoms with Crippen molar-refractivity contribution in [1.82, 2.24) is 5.43 Å². The molecule has 2 N–H and O–H groups in total. The van der Waals surface area contributed by atoms with Gasteiger partial charge in [-0.3, -0.25) is 19.7 Å². The lowest BCUT2D eigenvalue weighted by Crippen LogP contribution is -2.18. The molecule has 0 unspecified atom stereocenters. The van der Waals surface area contributed by atoms with Crippen LogP contribution >= 0.6 is 0 Å². The fourth-order valence-corrected chi connectivity index (χ4v) is 3.70. The van der Waals surface area contributed by atoms with Gasteiger partial charge in [0.05, 0.1) is 23.8 Å². The number of para-hydroxylation sites is 1. The van der Waals surface area contributed by atoms with Gasteiger partial charge in [-0.25, -0.2) is 10.2 Å². The molecule has 41 heavy (non-hydrogen) atoms. The summed E-state index contributed by atoms with van der Waals surface area (Å²) in [4.78, 5) is 48.6. The van der Waals surface area contributed by atoms with E-state index in [-0.39, 0.29) is 28.3 Å². The highest BCUT2D eigenvalue weighted by Crippen LogP contribution is 2.31. The number of nitro benzene ring substituents is 1. The standard InChI is InChI=1S/C30H24N4O7/c1-19-5-3-6-22(17-19)28(35)32-24-13-9-20(10-14-24)29(36)33-31-18-23-7-4-8-26(34(38)39)27(23)41-30(37)21-11-15-25(40-2)16-12-21/h3-18H,1-2H3,(H,32,35)(H,33,36)/b31-18+. The second-order valence-electron chi connectivity index (χ2n) is 8.67. The molecule has 11 nitrogen and oxygen atoms in total. The Morgan fingerprint density at radius 1 is 0.854 bits per heavy atom. The summed E-state index contributed by atoms with van der Waals surface area (Å²) < 4.78 is 10.4. The van der Waals surface area contributed by atoms with Gasteiger partial charge in [-0.2, -0.15) is 5.10 Å². The molecule has 0 fully saturated rings. The van der Waals surface area contributed by atoms with Gasteiger partial charge in [0.2, 0.25) is 5.75 Å². The molecule has 0 heterocycles. The second-order valence-corrected chi connectivity index (χ2v) is 8.67. The quantitative estimate of drug-likeness (QED) is 0.0959. The predicted molar refractivity (Wildman–Crippen MR) is 152 cm³/mol. The molecule has 0 atom stereocenters. The van der Waals surface area contributed by atoms with Crippen LogP contribution in [-0.4, -0.2) is 36.0 Å². The van der Waals surface area contributed by atoms with E-state index in [1.54, 1.807) is 42.5 Å². The molecule has 11 heteroatoms. The number of methoxy groups -OCH3 is 1. The number of anilines is 1. The highest BCUT2D eigenvalue weighted by atomic mass is 16.6. The van der Waals surface area contributed by atoms with Crippen LogP contribution in [0.4, 0.5) is 11.4 Å². The Kier molecular flexibility index (Phi) is 8.80. The molecular formula is C30H24N4O7. The summed E-state index contributed by atoms with van der Waals surface area (Å²) in [7, 11) is 1.48. The van der Waals surface area contributed by atoms with Crippen LogP contribution in [0.15, 0.2) is 96.1 Å². The van der Waals surface area contributed by atoms with Crippen LogP contribution in [0, 0.1) is 17.0 Å². The number of ether oxygens (including phenoxy) is 2. The number of nitrogens with zero attached hydrogens (tertiary/aromatic N) is 2. The maximum atomic E-state index is 12.7. The molecule has 4 aromatic rings. The monoisotopic (exact) mass is 552 g/mol. The van der Waals surface area contributed by atoms with E-state index < -0.39 is 22.5 Å². The van der Waals surface area contributed by atoms with Crippen molar-refractivity contribution in [2.24, 2.45) is 5.10 Å². The Hall–Kier alpha value is -5.84. The van der Waals surface area contributed by atoms with Crippen LogP contribution in [-0.2, 0) is 0 Å². The lowest BCUT2D eigenvalue weighted by molar-refractivity contribution is -0.385. The largest absolute Gasteiger partial charge is 0.497 e. The Bertz CT molecular complexity index is 1630. The van der Waals surface area contributed by atoms with Crippen molar-refractivity contribution in [3.8, 4) is 11.5 Å². The Morgan fingerprint density at radius 3 is 2.20 bits per heavy atom. The highest BCUT2D eigenvalue weighted by Gasteiger charge is 2.22. The number of carbonyl (C=O) groups is 3. The minimum atomic E-state index is -0.824. The van der Waals surface area contributed by atoms with E-state index >= 15 is 0 Å². The highest BCUT2D eigenvalue weighted by molar-refractivity contribution is 6.04. The summed E-state index contributed by atoms with van der Waals surface area (Å²) >= 11 is 0. The van der Waals surface area contributed by atoms with Gasteiger partial charge in [0.1, 0.15) is 5.75 Å². The first kappa shape index (κ1) is 28.2. The summed E-state index contributed by atoms with van der Waals surface area (Å²) in [5.74, 6) is -1.48. The molecule has 206 valence electrons. The third kappa shape index (κ3) is 7.18. The van der Waals surface area contributed by atoms with Crippen LogP contribution in [0.2, 0.25) is 0 Å². The van der Waals surface area contributed by atoms with E-state index in [0.717, 1.165) is 11.8 Å². The number of nitro groups is 1. The topological polar surface area (TPSA) is 149 Å². The van der Waals surface area contributed by atoms with Gasteiger partial charge in [-0.05, 0) is 73.7 Å². The van der Waals surface area contributed by atoms with Gasteiger partial charge in [0, 0.05) is 28.4 Å². The summed E-state index contributed by atoms with van der Waals surface area (Å²) in [6.45, 7) is 1.89. The summed E-state index contributed by atoms with van der Waals surface area (Å²) in [6.07, 6.45) is 1.14. The molecule has 0 radical (unpaired) electrons. The maximum Gasteiger partial charge on any atom is 0.343 e. The molecule has 4 rings (SSSR count). The fraction of sp³-hybridized carbons (Fsp3) is 0.0667. The minimum Gasteiger partial charge on any atom is -0.497 e. The SMILES string of the molecule is COc1ccc(C(=O)Oc2c(/C=N/NC(=O)c3ccc(NC(=O)c4cccc(C)c4)cc3)cccc2[N+](=O)[O-])cc1. The number of hydrazone groups is 1. The first-order chi connectivity index (χ1) is 19.7. The number of hydrogen-bond donors (Lipinski definition) is 2. The third-order valence-corrected chi connectivity index (χ3v) is 5.80. The van der Waals surface area contributed by atoms with Crippen LogP contribution in [0.3, 0.4) is 0 Å². The zero-order chi connectivity index (χ0) is 29.4. The zero-order valence-electron chi connectivity index (χ0n) is 22.0. The zero-order valence-corrected chi connectivity index (χ0v) is 22.0. The van der Waals surface area contributed by atoms with Crippen molar-refractivity contribution in [3.05, 3.63) is 129 Å². The number of rotatable bonds is 9. The van der Waals surface area contributed by atoms with Crippen molar-refractivity contribution < 1.29 is 28.8 Å². The van der Waals surface area contributed by atoms with E-state index in [9.17, 15) is 24.5 Å². The van der Waals surface area contributed by atoms with Crippen LogP contribution in [0.5, 0.6) is 11.5 Å². The number of hydrogen-bond acceptors (Lipinski definition) is 8. The first-order valence-electron chi connectivity index (χ1n) is 12.2. The van der Waals surface area contributed by atoms with Gasteiger partial charge in [0.15, 0.2) is 0 Å². The molecule has 4 aromatic carbocycles. The van der Waals surface area contributed by atoms with Gasteiger partial charge >= 0.3 is 11.7 Å². The molecule has 0 spiro atoms. The lowest BCUT2D eigenvalue weighted by atomic mass is 10.1. The summed E-state index contributed by atoms with van der Waals surface area (Å²) in [5, 5.41) is 18.2. The van der Waals surface area contributed by atoms with E-state index in [4.69, 9.17) is 9.47 Å². The van der Waals surface area contributed by atoms with Crippen molar-refractivity contribution in [2.75, 3.05) is 12.4 Å². The number of benzene rings is 4. The molecule has 2 amide bonds. The summed E-state index contributed by atoms with van der Waals surface area (Å²) in [5.41, 5.74) is 4.34. The molecule has 0 saturated heterocycles. The molecule has 0 saturated carbocycles. The van der Waals surface area contributed by atoms with E-state index in [0.29, 0.717) is 17.0 Å². The minimum absolute atomic E-state index is 0.0931. The second kappa shape index (κ2) is 12.8. The number of carbonyl (C=O) groups excluding carboxylic acids is 3. The molecule has 0 aliphatic carbocycles. The van der Waals surface area contributed by atoms with E-state index in [1.165, 1.54) is 49.6 Å². The Labute approximate surface area is 234 Å². The van der Waals surface area contributed by atoms with Crippen molar-refractivity contribution in [3.63, 3.8) is 0 Å². The molecular weight excluding hydrogens is 528 g/mol.